The number of fused-ring (bicyclic) bond motifs is 3. The third kappa shape index (κ3) is 3.52. The molecule has 0 radical (unpaired) electrons. The quantitative estimate of drug-likeness (QED) is 0.307. The lowest BCUT2D eigenvalue weighted by molar-refractivity contribution is 0.711. The van der Waals surface area contributed by atoms with E-state index in [4.69, 9.17) is 0 Å². The van der Waals surface area contributed by atoms with E-state index in [9.17, 15) is 0 Å². The molecule has 0 N–H and O–H groups in total. The molecule has 1 atom stereocenters. The van der Waals surface area contributed by atoms with Crippen LogP contribution in [0.15, 0.2) is 127 Å². The second-order valence-corrected chi connectivity index (χ2v) is 8.96. The highest BCUT2D eigenvalue weighted by Gasteiger charge is 2.27. The normalized spacial score (nSPS) is 17.1. The van der Waals surface area contributed by atoms with Crippen LogP contribution in [0.3, 0.4) is 0 Å². The standard InChI is InChI=1S/C32H28N2/c1-2-24-17-19-27(20-18-24)33(25-11-5-3-6-12-25)28-21-22-32-30(23-28)29-15-9-10-16-31(29)34(32)26-13-7-4-8-14-26/h2-19,23,27H,1,20-22H2. The minimum atomic E-state index is 0.293. The molecule has 0 bridgehead atoms. The molecule has 1 unspecified atom stereocenters. The lowest BCUT2D eigenvalue weighted by Crippen LogP contribution is -2.34. The smallest absolute Gasteiger partial charge is 0.0557 e. The Balaban J connectivity index is 1.50. The summed E-state index contributed by atoms with van der Waals surface area (Å²) in [5.74, 6) is 0. The first-order chi connectivity index (χ1) is 16.8. The number of rotatable bonds is 5. The second-order valence-electron chi connectivity index (χ2n) is 8.96. The van der Waals surface area contributed by atoms with Crippen LogP contribution in [0.5, 0.6) is 0 Å². The number of hydrogen-bond acceptors (Lipinski definition) is 1. The van der Waals surface area contributed by atoms with Crippen molar-refractivity contribution in [3.63, 3.8) is 0 Å². The molecule has 6 rings (SSSR count). The van der Waals surface area contributed by atoms with Gasteiger partial charge in [0.25, 0.3) is 0 Å². The van der Waals surface area contributed by atoms with Gasteiger partial charge in [-0.15, -0.1) is 0 Å². The average molecular weight is 441 g/mol. The van der Waals surface area contributed by atoms with Gasteiger partial charge in [-0.2, -0.15) is 0 Å². The van der Waals surface area contributed by atoms with Crippen LogP contribution in [0.4, 0.5) is 5.69 Å². The highest BCUT2D eigenvalue weighted by molar-refractivity contribution is 5.94. The first-order valence-corrected chi connectivity index (χ1v) is 12.1. The molecule has 0 saturated heterocycles. The van der Waals surface area contributed by atoms with Crippen molar-refractivity contribution < 1.29 is 0 Å². The van der Waals surface area contributed by atoms with Gasteiger partial charge < -0.3 is 9.47 Å². The number of para-hydroxylation sites is 3. The average Bonchev–Trinajstić information content (AvgIpc) is 3.24. The van der Waals surface area contributed by atoms with Crippen LogP contribution in [-0.4, -0.2) is 10.6 Å². The molecular formula is C32H28N2. The molecule has 0 saturated carbocycles. The predicted octanol–water partition coefficient (Wildman–Crippen LogP) is 7.87. The Kier molecular flexibility index (Phi) is 5.27. The number of benzene rings is 3. The third-order valence-electron chi connectivity index (χ3n) is 6.98. The van der Waals surface area contributed by atoms with E-state index in [-0.39, 0.29) is 0 Å². The van der Waals surface area contributed by atoms with Crippen molar-refractivity contribution in [1.82, 2.24) is 4.57 Å². The van der Waals surface area contributed by atoms with Gasteiger partial charge in [0.05, 0.1) is 11.6 Å². The number of aromatic nitrogens is 1. The monoisotopic (exact) mass is 440 g/mol. The molecule has 0 spiro atoms. The van der Waals surface area contributed by atoms with Crippen molar-refractivity contribution in [2.75, 3.05) is 4.90 Å². The van der Waals surface area contributed by atoms with Crippen molar-refractivity contribution in [2.24, 2.45) is 0 Å². The van der Waals surface area contributed by atoms with Gasteiger partial charge in [-0.3, -0.25) is 0 Å². The SMILES string of the molecule is C=CC1=CCC(N(C2=Cc3c(n(-c4ccccc4)c4ccccc34)CC2)c2ccccc2)C=C1. The summed E-state index contributed by atoms with van der Waals surface area (Å²) in [5, 5.41) is 1.32. The molecule has 0 amide bonds. The highest BCUT2D eigenvalue weighted by atomic mass is 15.2. The Bertz CT molecular complexity index is 1430. The maximum Gasteiger partial charge on any atom is 0.0557 e. The van der Waals surface area contributed by atoms with Gasteiger partial charge in [0.15, 0.2) is 0 Å². The second kappa shape index (κ2) is 8.72. The molecule has 2 nitrogen and oxygen atoms in total. The van der Waals surface area contributed by atoms with E-state index in [1.807, 2.05) is 6.08 Å². The van der Waals surface area contributed by atoms with Crippen molar-refractivity contribution in [3.05, 3.63) is 138 Å². The predicted molar refractivity (Wildman–Crippen MR) is 144 cm³/mol. The van der Waals surface area contributed by atoms with Crippen molar-refractivity contribution in [2.45, 2.75) is 25.3 Å². The topological polar surface area (TPSA) is 8.17 Å². The van der Waals surface area contributed by atoms with E-state index < -0.39 is 0 Å². The van der Waals surface area contributed by atoms with Crippen molar-refractivity contribution in [3.8, 4) is 5.69 Å². The molecule has 0 fully saturated rings. The summed E-state index contributed by atoms with van der Waals surface area (Å²) in [6.07, 6.45) is 14.2. The molecule has 2 aliphatic carbocycles. The fraction of sp³-hybridized carbons (Fsp3) is 0.125. The zero-order valence-electron chi connectivity index (χ0n) is 19.3. The number of nitrogens with zero attached hydrogens (tertiary/aromatic N) is 2. The zero-order chi connectivity index (χ0) is 22.9. The van der Waals surface area contributed by atoms with E-state index in [2.05, 4.69) is 125 Å². The summed E-state index contributed by atoms with van der Waals surface area (Å²) < 4.78 is 2.45. The number of hydrogen-bond donors (Lipinski definition) is 0. The summed E-state index contributed by atoms with van der Waals surface area (Å²) in [6, 6.07) is 30.7. The van der Waals surface area contributed by atoms with Crippen molar-refractivity contribution in [1.29, 1.82) is 0 Å². The first-order valence-electron chi connectivity index (χ1n) is 12.1. The van der Waals surface area contributed by atoms with Gasteiger partial charge in [-0.05, 0) is 61.2 Å². The molecule has 166 valence electrons. The van der Waals surface area contributed by atoms with Crippen LogP contribution in [0.1, 0.15) is 24.1 Å². The third-order valence-corrected chi connectivity index (χ3v) is 6.98. The van der Waals surface area contributed by atoms with Crippen LogP contribution < -0.4 is 4.90 Å². The van der Waals surface area contributed by atoms with Crippen LogP contribution in [0.2, 0.25) is 0 Å². The Morgan fingerprint density at radius 3 is 2.32 bits per heavy atom. The highest BCUT2D eigenvalue weighted by Crippen LogP contribution is 2.39. The lowest BCUT2D eigenvalue weighted by atomic mass is 9.95. The molecule has 1 aromatic heterocycles. The van der Waals surface area contributed by atoms with Crippen molar-refractivity contribution >= 4 is 22.7 Å². The lowest BCUT2D eigenvalue weighted by Gasteiger charge is -2.36. The van der Waals surface area contributed by atoms with E-state index in [0.717, 1.165) is 19.3 Å². The van der Waals surface area contributed by atoms with Gasteiger partial charge in [0.1, 0.15) is 0 Å². The Morgan fingerprint density at radius 1 is 0.853 bits per heavy atom. The molecule has 34 heavy (non-hydrogen) atoms. The van der Waals surface area contributed by atoms with Gasteiger partial charge in [-0.1, -0.05) is 85.5 Å². The molecule has 4 aromatic rings. The summed E-state index contributed by atoms with van der Waals surface area (Å²) in [6.45, 7) is 3.94. The molecular weight excluding hydrogens is 412 g/mol. The van der Waals surface area contributed by atoms with Crippen LogP contribution in [0.25, 0.3) is 22.7 Å². The molecule has 3 aromatic carbocycles. The largest absolute Gasteiger partial charge is 0.338 e. The van der Waals surface area contributed by atoms with Gasteiger partial charge in [0.2, 0.25) is 0 Å². The van der Waals surface area contributed by atoms with Crippen LogP contribution in [0, 0.1) is 0 Å². The van der Waals surface area contributed by atoms with E-state index >= 15 is 0 Å². The van der Waals surface area contributed by atoms with Gasteiger partial charge in [0, 0.05) is 33.7 Å². The maximum atomic E-state index is 3.94. The number of allylic oxidation sites excluding steroid dienone is 4. The fourth-order valence-electron chi connectivity index (χ4n) is 5.40. The molecule has 0 aliphatic heterocycles. The summed E-state index contributed by atoms with van der Waals surface area (Å²) >= 11 is 0. The minimum absolute atomic E-state index is 0.293. The Hall–Kier alpha value is -4.04. The molecule has 2 aliphatic rings. The van der Waals surface area contributed by atoms with Gasteiger partial charge >= 0.3 is 0 Å². The summed E-state index contributed by atoms with van der Waals surface area (Å²) in [4.78, 5) is 2.53. The van der Waals surface area contributed by atoms with E-state index in [1.54, 1.807) is 0 Å². The summed E-state index contributed by atoms with van der Waals surface area (Å²) in [5.41, 5.74) is 9.08. The van der Waals surface area contributed by atoms with Gasteiger partial charge in [-0.25, -0.2) is 0 Å². The minimum Gasteiger partial charge on any atom is -0.338 e. The maximum absolute atomic E-state index is 3.94. The zero-order valence-corrected chi connectivity index (χ0v) is 19.3. The molecule has 1 heterocycles. The van der Waals surface area contributed by atoms with Crippen LogP contribution >= 0.6 is 0 Å². The molecule has 2 heteroatoms. The number of anilines is 1. The van der Waals surface area contributed by atoms with Crippen LogP contribution in [-0.2, 0) is 6.42 Å². The fourth-order valence-corrected chi connectivity index (χ4v) is 5.40. The van der Waals surface area contributed by atoms with E-state index in [0.29, 0.717) is 6.04 Å². The first kappa shape index (κ1) is 20.6. The Labute approximate surface area is 201 Å². The van der Waals surface area contributed by atoms with E-state index in [1.165, 1.54) is 44.8 Å². The summed E-state index contributed by atoms with van der Waals surface area (Å²) in [7, 11) is 0. The Morgan fingerprint density at radius 2 is 1.59 bits per heavy atom.